The summed E-state index contributed by atoms with van der Waals surface area (Å²) in [7, 11) is 0. The Labute approximate surface area is 158 Å². The Morgan fingerprint density at radius 2 is 1.92 bits per heavy atom. The molecule has 1 atom stereocenters. The van der Waals surface area contributed by atoms with Gasteiger partial charge in [0, 0.05) is 42.0 Å². The molecular weight excluding hydrogens is 348 g/mol. The summed E-state index contributed by atoms with van der Waals surface area (Å²) >= 11 is 6.43. The monoisotopic (exact) mass is 370 g/mol. The van der Waals surface area contributed by atoms with Crippen LogP contribution in [-0.2, 0) is 0 Å². The van der Waals surface area contributed by atoms with E-state index in [4.69, 9.17) is 11.6 Å². The zero-order valence-electron chi connectivity index (χ0n) is 15.0. The van der Waals surface area contributed by atoms with Gasteiger partial charge in [-0.3, -0.25) is 4.79 Å². The van der Waals surface area contributed by atoms with E-state index in [2.05, 4.69) is 34.1 Å². The van der Waals surface area contributed by atoms with E-state index in [1.165, 1.54) is 6.33 Å². The predicted octanol–water partition coefficient (Wildman–Crippen LogP) is 4.56. The molecule has 0 spiro atoms. The summed E-state index contributed by atoms with van der Waals surface area (Å²) in [6, 6.07) is 5.51. The molecule has 6 heteroatoms. The van der Waals surface area contributed by atoms with Gasteiger partial charge in [0.15, 0.2) is 0 Å². The molecule has 0 radical (unpaired) electrons. The summed E-state index contributed by atoms with van der Waals surface area (Å²) in [5, 5.41) is 4.38. The van der Waals surface area contributed by atoms with Crippen LogP contribution >= 0.6 is 11.6 Å². The zero-order valence-corrected chi connectivity index (χ0v) is 15.8. The number of hydrogen-bond donors (Lipinski definition) is 2. The van der Waals surface area contributed by atoms with Crippen LogP contribution in [0.3, 0.4) is 0 Å². The van der Waals surface area contributed by atoms with Crippen LogP contribution in [0.15, 0.2) is 43.1 Å². The Morgan fingerprint density at radius 1 is 1.19 bits per heavy atom. The fourth-order valence-corrected chi connectivity index (χ4v) is 3.80. The van der Waals surface area contributed by atoms with Gasteiger partial charge in [0.2, 0.25) is 0 Å². The first-order valence-electron chi connectivity index (χ1n) is 8.94. The number of carbonyl (C=O) groups is 1. The van der Waals surface area contributed by atoms with Crippen LogP contribution < -0.4 is 5.32 Å². The van der Waals surface area contributed by atoms with E-state index in [1.54, 1.807) is 6.07 Å². The molecule has 5 nitrogen and oxygen atoms in total. The van der Waals surface area contributed by atoms with Gasteiger partial charge in [0.25, 0.3) is 5.91 Å². The molecule has 2 heterocycles. The van der Waals surface area contributed by atoms with Gasteiger partial charge in [-0.15, -0.1) is 0 Å². The Balaban J connectivity index is 1.79. The van der Waals surface area contributed by atoms with Crippen LogP contribution in [-0.4, -0.2) is 27.4 Å². The first kappa shape index (κ1) is 18.4. The van der Waals surface area contributed by atoms with E-state index in [0.29, 0.717) is 23.0 Å². The van der Waals surface area contributed by atoms with Crippen LogP contribution in [0.2, 0.25) is 5.02 Å². The van der Waals surface area contributed by atoms with Gasteiger partial charge < -0.3 is 10.3 Å². The fraction of sp³-hybridized carbons (Fsp3) is 0.350. The van der Waals surface area contributed by atoms with Crippen LogP contribution in [0.25, 0.3) is 10.9 Å². The van der Waals surface area contributed by atoms with Crippen molar-refractivity contribution in [2.24, 2.45) is 5.92 Å². The molecular formula is C20H23ClN4O. The molecule has 0 aliphatic carbocycles. The number of nitrogens with zero attached hydrogens (tertiary/aromatic N) is 2. The molecule has 2 N–H and O–H groups in total. The molecule has 1 unspecified atom stereocenters. The standard InChI is InChI=1S/C20H23ClN4O/c1-3-13(4-2)17(14-9-22-12-23-10-14)11-25-20(26)16-5-6-18-15(19(16)21)7-8-24-18/h5-10,12-13,17,24H,3-4,11H2,1-2H3,(H,25,26). The molecule has 1 amide bonds. The van der Waals surface area contributed by atoms with Gasteiger partial charge in [-0.25, -0.2) is 9.97 Å². The maximum absolute atomic E-state index is 12.7. The van der Waals surface area contributed by atoms with Crippen molar-refractivity contribution < 1.29 is 4.79 Å². The van der Waals surface area contributed by atoms with Gasteiger partial charge in [-0.05, 0) is 29.7 Å². The minimum Gasteiger partial charge on any atom is -0.361 e. The second-order valence-electron chi connectivity index (χ2n) is 6.43. The third-order valence-electron chi connectivity index (χ3n) is 5.02. The minimum atomic E-state index is -0.161. The van der Waals surface area contributed by atoms with Gasteiger partial charge in [0.05, 0.1) is 10.6 Å². The molecule has 3 rings (SSSR count). The van der Waals surface area contributed by atoms with Crippen molar-refractivity contribution in [3.05, 3.63) is 59.3 Å². The lowest BCUT2D eigenvalue weighted by molar-refractivity contribution is 0.0948. The van der Waals surface area contributed by atoms with Crippen molar-refractivity contribution >= 4 is 28.4 Å². The normalized spacial score (nSPS) is 12.5. The Kier molecular flexibility index (Phi) is 5.89. The predicted molar refractivity (Wildman–Crippen MR) is 104 cm³/mol. The molecule has 2 aromatic heterocycles. The van der Waals surface area contributed by atoms with Crippen molar-refractivity contribution in [3.63, 3.8) is 0 Å². The summed E-state index contributed by atoms with van der Waals surface area (Å²) in [6.45, 7) is 4.87. The van der Waals surface area contributed by atoms with E-state index in [1.807, 2.05) is 30.7 Å². The number of H-pyrrole nitrogens is 1. The lowest BCUT2D eigenvalue weighted by atomic mass is 9.83. The van der Waals surface area contributed by atoms with Gasteiger partial charge in [-0.2, -0.15) is 0 Å². The summed E-state index contributed by atoms with van der Waals surface area (Å²) in [5.41, 5.74) is 2.46. The lowest BCUT2D eigenvalue weighted by Crippen LogP contribution is -2.31. The highest BCUT2D eigenvalue weighted by Gasteiger charge is 2.23. The first-order valence-corrected chi connectivity index (χ1v) is 9.32. The quantitative estimate of drug-likeness (QED) is 0.640. The van der Waals surface area contributed by atoms with Crippen LogP contribution in [0, 0.1) is 5.92 Å². The van der Waals surface area contributed by atoms with Crippen LogP contribution in [0.4, 0.5) is 0 Å². The summed E-state index contributed by atoms with van der Waals surface area (Å²) < 4.78 is 0. The number of benzene rings is 1. The molecule has 0 aliphatic rings. The highest BCUT2D eigenvalue weighted by Crippen LogP contribution is 2.29. The van der Waals surface area contributed by atoms with E-state index < -0.39 is 0 Å². The largest absolute Gasteiger partial charge is 0.361 e. The summed E-state index contributed by atoms with van der Waals surface area (Å²) in [4.78, 5) is 24.1. The number of aromatic amines is 1. The molecule has 0 saturated heterocycles. The Morgan fingerprint density at radius 3 is 2.62 bits per heavy atom. The van der Waals surface area contributed by atoms with E-state index in [0.717, 1.165) is 29.3 Å². The van der Waals surface area contributed by atoms with E-state index >= 15 is 0 Å². The van der Waals surface area contributed by atoms with Gasteiger partial charge in [-0.1, -0.05) is 38.3 Å². The molecule has 3 aromatic rings. The van der Waals surface area contributed by atoms with Crippen LogP contribution in [0.5, 0.6) is 0 Å². The number of halogens is 1. The minimum absolute atomic E-state index is 0.161. The second-order valence-corrected chi connectivity index (χ2v) is 6.81. The second kappa shape index (κ2) is 8.32. The molecule has 0 aliphatic heterocycles. The summed E-state index contributed by atoms with van der Waals surface area (Å²) in [5.74, 6) is 0.458. The first-order chi connectivity index (χ1) is 12.7. The third-order valence-corrected chi connectivity index (χ3v) is 5.43. The SMILES string of the molecule is CCC(CC)C(CNC(=O)c1ccc2[nH]ccc2c1Cl)c1cncnc1. The molecule has 136 valence electrons. The highest BCUT2D eigenvalue weighted by atomic mass is 35.5. The molecule has 0 saturated carbocycles. The highest BCUT2D eigenvalue weighted by molar-refractivity contribution is 6.38. The average Bonchev–Trinajstić information content (AvgIpc) is 3.15. The number of aromatic nitrogens is 3. The lowest BCUT2D eigenvalue weighted by Gasteiger charge is -2.25. The number of fused-ring (bicyclic) bond motifs is 1. The number of carbonyl (C=O) groups excluding carboxylic acids is 1. The van der Waals surface area contributed by atoms with E-state index in [9.17, 15) is 4.79 Å². The molecule has 26 heavy (non-hydrogen) atoms. The van der Waals surface area contributed by atoms with Gasteiger partial charge >= 0.3 is 0 Å². The van der Waals surface area contributed by atoms with Crippen LogP contribution in [0.1, 0.15) is 48.5 Å². The number of rotatable bonds is 7. The van der Waals surface area contributed by atoms with E-state index in [-0.39, 0.29) is 11.8 Å². The van der Waals surface area contributed by atoms with Gasteiger partial charge in [0.1, 0.15) is 6.33 Å². The van der Waals surface area contributed by atoms with Crippen molar-refractivity contribution in [2.45, 2.75) is 32.6 Å². The molecule has 0 fully saturated rings. The van der Waals surface area contributed by atoms with Crippen molar-refractivity contribution in [1.29, 1.82) is 0 Å². The number of nitrogens with one attached hydrogen (secondary N) is 2. The van der Waals surface area contributed by atoms with Crippen molar-refractivity contribution in [3.8, 4) is 0 Å². The topological polar surface area (TPSA) is 70.7 Å². The van der Waals surface area contributed by atoms with Crippen molar-refractivity contribution in [1.82, 2.24) is 20.3 Å². The Bertz CT molecular complexity index is 874. The molecule has 1 aromatic carbocycles. The number of hydrogen-bond acceptors (Lipinski definition) is 3. The molecule has 0 bridgehead atoms. The fourth-order valence-electron chi connectivity index (χ4n) is 3.49. The maximum atomic E-state index is 12.7. The zero-order chi connectivity index (χ0) is 18.5. The smallest absolute Gasteiger partial charge is 0.252 e. The average molecular weight is 371 g/mol. The maximum Gasteiger partial charge on any atom is 0.252 e. The Hall–Kier alpha value is -2.40. The number of amides is 1. The third kappa shape index (κ3) is 3.73. The van der Waals surface area contributed by atoms with Crippen molar-refractivity contribution in [2.75, 3.05) is 6.54 Å². The summed E-state index contributed by atoms with van der Waals surface area (Å²) in [6.07, 6.45) is 9.07.